The van der Waals surface area contributed by atoms with Crippen molar-refractivity contribution in [3.8, 4) is 0 Å². The first-order valence-corrected chi connectivity index (χ1v) is 4.38. The highest BCUT2D eigenvalue weighted by Crippen LogP contribution is 2.08. The summed E-state index contributed by atoms with van der Waals surface area (Å²) in [4.78, 5) is 0. The maximum absolute atomic E-state index is 3.33. The van der Waals surface area contributed by atoms with Crippen molar-refractivity contribution in [1.29, 1.82) is 0 Å². The van der Waals surface area contributed by atoms with E-state index in [1.807, 2.05) is 0 Å². The first kappa shape index (κ1) is 13.8. The lowest BCUT2D eigenvalue weighted by atomic mass is 10.0. The fourth-order valence-electron chi connectivity index (χ4n) is 1.30. The third kappa shape index (κ3) is 8.15. The van der Waals surface area contributed by atoms with Gasteiger partial charge in [0.15, 0.2) is 0 Å². The molecule has 1 atom stereocenters. The lowest BCUT2D eigenvalue weighted by molar-refractivity contribution is 0.418. The molecule has 1 nitrogen and oxygen atoms in total. The Balaban J connectivity index is 0. The molecule has 0 saturated heterocycles. The molecule has 2 heteroatoms. The summed E-state index contributed by atoms with van der Waals surface area (Å²) >= 11 is 0. The predicted molar refractivity (Wildman–Crippen MR) is 54.5 cm³/mol. The average Bonchev–Trinajstić information content (AvgIpc) is 1.86. The van der Waals surface area contributed by atoms with Crippen LogP contribution in [0, 0.1) is 5.92 Å². The summed E-state index contributed by atoms with van der Waals surface area (Å²) in [6.45, 7) is 6.80. The lowest BCUT2D eigenvalue weighted by Gasteiger charge is -2.16. The van der Waals surface area contributed by atoms with E-state index in [9.17, 15) is 0 Å². The SMILES string of the molecule is CCCC(CC(C)C)NC.Cl. The number of hydrogen-bond acceptors (Lipinski definition) is 1. The van der Waals surface area contributed by atoms with Gasteiger partial charge in [0.1, 0.15) is 0 Å². The maximum atomic E-state index is 3.33. The Morgan fingerprint density at radius 3 is 2.09 bits per heavy atom. The van der Waals surface area contributed by atoms with Gasteiger partial charge in [0.2, 0.25) is 0 Å². The molecule has 0 rings (SSSR count). The Kier molecular flexibility index (Phi) is 10.5. The standard InChI is InChI=1S/C9H21N.ClH/c1-5-6-9(10-4)7-8(2)3;/h8-10H,5-7H2,1-4H3;1H. The van der Waals surface area contributed by atoms with E-state index in [1.165, 1.54) is 19.3 Å². The van der Waals surface area contributed by atoms with Gasteiger partial charge < -0.3 is 5.32 Å². The maximum Gasteiger partial charge on any atom is 0.00663 e. The molecule has 0 fully saturated rings. The minimum absolute atomic E-state index is 0. The molecule has 0 aliphatic heterocycles. The topological polar surface area (TPSA) is 12.0 Å². The molecule has 0 heterocycles. The largest absolute Gasteiger partial charge is 0.317 e. The Hall–Kier alpha value is 0.250. The van der Waals surface area contributed by atoms with Crippen LogP contribution in [0.25, 0.3) is 0 Å². The van der Waals surface area contributed by atoms with Crippen LogP contribution < -0.4 is 5.32 Å². The molecule has 1 unspecified atom stereocenters. The zero-order valence-corrected chi connectivity index (χ0v) is 9.00. The van der Waals surface area contributed by atoms with Crippen LogP contribution in [0.2, 0.25) is 0 Å². The summed E-state index contributed by atoms with van der Waals surface area (Å²) in [5.74, 6) is 0.823. The zero-order valence-electron chi connectivity index (χ0n) is 8.18. The Morgan fingerprint density at radius 1 is 1.27 bits per heavy atom. The van der Waals surface area contributed by atoms with E-state index < -0.39 is 0 Å². The van der Waals surface area contributed by atoms with E-state index >= 15 is 0 Å². The molecule has 1 N–H and O–H groups in total. The minimum Gasteiger partial charge on any atom is -0.317 e. The smallest absolute Gasteiger partial charge is 0.00663 e. The van der Waals surface area contributed by atoms with Gasteiger partial charge in [-0.25, -0.2) is 0 Å². The van der Waals surface area contributed by atoms with Crippen molar-refractivity contribution in [2.45, 2.75) is 46.1 Å². The van der Waals surface area contributed by atoms with Gasteiger partial charge in [-0.05, 0) is 25.8 Å². The molecule has 0 aliphatic carbocycles. The van der Waals surface area contributed by atoms with Gasteiger partial charge in [-0.3, -0.25) is 0 Å². The van der Waals surface area contributed by atoms with Crippen molar-refractivity contribution in [1.82, 2.24) is 5.32 Å². The molecule has 70 valence electrons. The highest BCUT2D eigenvalue weighted by molar-refractivity contribution is 5.85. The highest BCUT2D eigenvalue weighted by atomic mass is 35.5. The second kappa shape index (κ2) is 8.35. The van der Waals surface area contributed by atoms with Crippen LogP contribution >= 0.6 is 12.4 Å². The number of nitrogens with one attached hydrogen (secondary N) is 1. The Labute approximate surface area is 77.4 Å². The van der Waals surface area contributed by atoms with Crippen molar-refractivity contribution in [3.63, 3.8) is 0 Å². The molecule has 0 aromatic rings. The summed E-state index contributed by atoms with van der Waals surface area (Å²) in [6.07, 6.45) is 3.91. The van der Waals surface area contributed by atoms with Crippen LogP contribution in [0.3, 0.4) is 0 Å². The van der Waals surface area contributed by atoms with Crippen LogP contribution in [0.5, 0.6) is 0 Å². The van der Waals surface area contributed by atoms with Gasteiger partial charge in [-0.15, -0.1) is 12.4 Å². The van der Waals surface area contributed by atoms with Crippen molar-refractivity contribution in [2.24, 2.45) is 5.92 Å². The van der Waals surface area contributed by atoms with Gasteiger partial charge in [-0.2, -0.15) is 0 Å². The van der Waals surface area contributed by atoms with Crippen LogP contribution in [0.4, 0.5) is 0 Å². The molecule has 0 amide bonds. The molecular formula is C9H22ClN. The molecule has 0 aromatic carbocycles. The summed E-state index contributed by atoms with van der Waals surface area (Å²) in [6, 6.07) is 0.741. The molecular weight excluding hydrogens is 158 g/mol. The lowest BCUT2D eigenvalue weighted by Crippen LogP contribution is -2.26. The second-order valence-electron chi connectivity index (χ2n) is 3.40. The van der Waals surface area contributed by atoms with Gasteiger partial charge in [-0.1, -0.05) is 27.2 Å². The molecule has 11 heavy (non-hydrogen) atoms. The van der Waals surface area contributed by atoms with Crippen molar-refractivity contribution in [2.75, 3.05) is 7.05 Å². The molecule has 0 spiro atoms. The molecule has 0 radical (unpaired) electrons. The van der Waals surface area contributed by atoms with Crippen molar-refractivity contribution in [3.05, 3.63) is 0 Å². The van der Waals surface area contributed by atoms with Gasteiger partial charge >= 0.3 is 0 Å². The minimum atomic E-state index is 0. The van der Waals surface area contributed by atoms with E-state index in [1.54, 1.807) is 0 Å². The fraction of sp³-hybridized carbons (Fsp3) is 1.00. The van der Waals surface area contributed by atoms with E-state index in [0.29, 0.717) is 0 Å². The van der Waals surface area contributed by atoms with E-state index in [4.69, 9.17) is 0 Å². The number of rotatable bonds is 5. The van der Waals surface area contributed by atoms with Crippen LogP contribution in [-0.4, -0.2) is 13.1 Å². The van der Waals surface area contributed by atoms with Gasteiger partial charge in [0.25, 0.3) is 0 Å². The number of hydrogen-bond donors (Lipinski definition) is 1. The first-order chi connectivity index (χ1) is 4.70. The summed E-state index contributed by atoms with van der Waals surface area (Å²) in [5, 5.41) is 3.33. The first-order valence-electron chi connectivity index (χ1n) is 4.38. The monoisotopic (exact) mass is 179 g/mol. The van der Waals surface area contributed by atoms with Gasteiger partial charge in [0.05, 0.1) is 0 Å². The summed E-state index contributed by atoms with van der Waals surface area (Å²) < 4.78 is 0. The summed E-state index contributed by atoms with van der Waals surface area (Å²) in [5.41, 5.74) is 0. The van der Waals surface area contributed by atoms with Crippen molar-refractivity contribution >= 4 is 12.4 Å². The van der Waals surface area contributed by atoms with Crippen LogP contribution in [0.1, 0.15) is 40.0 Å². The van der Waals surface area contributed by atoms with E-state index in [0.717, 1.165) is 12.0 Å². The van der Waals surface area contributed by atoms with Gasteiger partial charge in [0, 0.05) is 6.04 Å². The van der Waals surface area contributed by atoms with E-state index in [2.05, 4.69) is 33.1 Å². The highest BCUT2D eigenvalue weighted by Gasteiger charge is 2.05. The number of halogens is 1. The third-order valence-corrected chi connectivity index (χ3v) is 1.80. The quantitative estimate of drug-likeness (QED) is 0.685. The molecule has 0 saturated carbocycles. The Morgan fingerprint density at radius 2 is 1.82 bits per heavy atom. The van der Waals surface area contributed by atoms with Crippen molar-refractivity contribution < 1.29 is 0 Å². The molecule has 0 aromatic heterocycles. The predicted octanol–water partition coefficient (Wildman–Crippen LogP) is 2.84. The van der Waals surface area contributed by atoms with E-state index in [-0.39, 0.29) is 12.4 Å². The zero-order chi connectivity index (χ0) is 7.98. The average molecular weight is 180 g/mol. The van der Waals surface area contributed by atoms with Crippen LogP contribution in [-0.2, 0) is 0 Å². The second-order valence-corrected chi connectivity index (χ2v) is 3.40. The molecule has 0 aliphatic rings. The fourth-order valence-corrected chi connectivity index (χ4v) is 1.30. The summed E-state index contributed by atoms with van der Waals surface area (Å²) in [7, 11) is 2.06. The normalized spacial score (nSPS) is 12.8. The molecule has 0 bridgehead atoms. The van der Waals surface area contributed by atoms with Crippen LogP contribution in [0.15, 0.2) is 0 Å². The Bertz CT molecular complexity index is 74.0. The third-order valence-electron chi connectivity index (χ3n) is 1.80.